The quantitative estimate of drug-likeness (QED) is 0.373. The van der Waals surface area contributed by atoms with Crippen LogP contribution in [0, 0.1) is 0 Å². The van der Waals surface area contributed by atoms with Crippen molar-refractivity contribution in [3.63, 3.8) is 0 Å². The van der Waals surface area contributed by atoms with E-state index in [1.54, 1.807) is 0 Å². The summed E-state index contributed by atoms with van der Waals surface area (Å²) in [6, 6.07) is 0. The normalized spacial score (nSPS) is 10.6. The molecule has 0 aromatic rings. The number of carbonyl (C=O) groups excluding carboxylic acids is 1. The molecule has 0 saturated carbocycles. The Kier molecular flexibility index (Phi) is 8.67. The fourth-order valence-corrected chi connectivity index (χ4v) is 0.886. The standard InChI is InChI=1S/C10H18O3/c1-2-3-4-5-6-7-10(12)13-9-8-11/h6-7,11H,2-5,8-9H2,1H3. The lowest BCUT2D eigenvalue weighted by molar-refractivity contribution is -0.138. The summed E-state index contributed by atoms with van der Waals surface area (Å²) in [5.41, 5.74) is 0. The molecule has 13 heavy (non-hydrogen) atoms. The summed E-state index contributed by atoms with van der Waals surface area (Å²) in [7, 11) is 0. The van der Waals surface area contributed by atoms with Crippen LogP contribution < -0.4 is 0 Å². The van der Waals surface area contributed by atoms with E-state index in [0.717, 1.165) is 12.8 Å². The van der Waals surface area contributed by atoms with E-state index < -0.39 is 0 Å². The summed E-state index contributed by atoms with van der Waals surface area (Å²) >= 11 is 0. The highest BCUT2D eigenvalue weighted by Crippen LogP contribution is 1.99. The zero-order valence-corrected chi connectivity index (χ0v) is 8.16. The predicted molar refractivity (Wildman–Crippen MR) is 51.3 cm³/mol. The first kappa shape index (κ1) is 12.2. The Hall–Kier alpha value is -0.830. The van der Waals surface area contributed by atoms with E-state index in [9.17, 15) is 4.79 Å². The fourth-order valence-electron chi connectivity index (χ4n) is 0.886. The fraction of sp³-hybridized carbons (Fsp3) is 0.700. The Bertz CT molecular complexity index is 152. The Labute approximate surface area is 79.4 Å². The van der Waals surface area contributed by atoms with Gasteiger partial charge in [-0.3, -0.25) is 0 Å². The number of hydrogen-bond donors (Lipinski definition) is 1. The molecule has 76 valence electrons. The highest BCUT2D eigenvalue weighted by molar-refractivity contribution is 5.81. The molecular weight excluding hydrogens is 168 g/mol. The maximum atomic E-state index is 10.8. The minimum atomic E-state index is -0.370. The number of aliphatic hydroxyl groups is 1. The Morgan fingerprint density at radius 2 is 2.23 bits per heavy atom. The van der Waals surface area contributed by atoms with E-state index >= 15 is 0 Å². The summed E-state index contributed by atoms with van der Waals surface area (Å²) < 4.78 is 4.62. The highest BCUT2D eigenvalue weighted by atomic mass is 16.5. The molecule has 3 nitrogen and oxygen atoms in total. The summed E-state index contributed by atoms with van der Waals surface area (Å²) in [5, 5.41) is 8.36. The van der Waals surface area contributed by atoms with Crippen molar-refractivity contribution in [2.75, 3.05) is 13.2 Å². The van der Waals surface area contributed by atoms with E-state index in [1.807, 2.05) is 6.08 Å². The van der Waals surface area contributed by atoms with Crippen molar-refractivity contribution >= 4 is 5.97 Å². The topological polar surface area (TPSA) is 46.5 Å². The van der Waals surface area contributed by atoms with E-state index in [-0.39, 0.29) is 19.2 Å². The molecule has 0 aromatic carbocycles. The number of unbranched alkanes of at least 4 members (excludes halogenated alkanes) is 3. The molecule has 0 saturated heterocycles. The summed E-state index contributed by atoms with van der Waals surface area (Å²) in [4.78, 5) is 10.8. The number of allylic oxidation sites excluding steroid dienone is 1. The van der Waals surface area contributed by atoms with Crippen LogP contribution in [-0.4, -0.2) is 24.3 Å². The molecule has 3 heteroatoms. The van der Waals surface area contributed by atoms with Gasteiger partial charge in [0.25, 0.3) is 0 Å². The van der Waals surface area contributed by atoms with Gasteiger partial charge in [-0.05, 0) is 12.8 Å². The van der Waals surface area contributed by atoms with E-state index in [0.29, 0.717) is 0 Å². The van der Waals surface area contributed by atoms with Gasteiger partial charge in [0.15, 0.2) is 0 Å². The minimum absolute atomic E-state index is 0.0815. The molecule has 0 atom stereocenters. The van der Waals surface area contributed by atoms with Gasteiger partial charge in [0.1, 0.15) is 6.61 Å². The molecule has 0 aliphatic heterocycles. The summed E-state index contributed by atoms with van der Waals surface area (Å²) in [6.07, 6.45) is 7.64. The molecule has 0 unspecified atom stereocenters. The number of hydrogen-bond acceptors (Lipinski definition) is 3. The molecule has 0 radical (unpaired) electrons. The van der Waals surface area contributed by atoms with E-state index in [2.05, 4.69) is 11.7 Å². The number of aliphatic hydroxyl groups excluding tert-OH is 1. The number of carbonyl (C=O) groups is 1. The van der Waals surface area contributed by atoms with Gasteiger partial charge in [-0.2, -0.15) is 0 Å². The van der Waals surface area contributed by atoms with E-state index in [4.69, 9.17) is 5.11 Å². The second kappa shape index (κ2) is 9.26. The zero-order valence-electron chi connectivity index (χ0n) is 8.16. The Morgan fingerprint density at radius 1 is 1.46 bits per heavy atom. The van der Waals surface area contributed by atoms with Crippen molar-refractivity contribution in [3.05, 3.63) is 12.2 Å². The molecule has 0 rings (SSSR count). The lowest BCUT2D eigenvalue weighted by Crippen LogP contribution is -2.04. The molecule has 0 bridgehead atoms. The van der Waals surface area contributed by atoms with Crippen molar-refractivity contribution < 1.29 is 14.6 Å². The Balaban J connectivity index is 3.31. The van der Waals surface area contributed by atoms with Crippen molar-refractivity contribution in [1.82, 2.24) is 0 Å². The lowest BCUT2D eigenvalue weighted by Gasteiger charge is -1.96. The van der Waals surface area contributed by atoms with Gasteiger partial charge < -0.3 is 9.84 Å². The van der Waals surface area contributed by atoms with Crippen LogP contribution in [0.15, 0.2) is 12.2 Å². The van der Waals surface area contributed by atoms with Gasteiger partial charge >= 0.3 is 5.97 Å². The predicted octanol–water partition coefficient (Wildman–Crippen LogP) is 1.66. The van der Waals surface area contributed by atoms with Gasteiger partial charge in [-0.1, -0.05) is 25.8 Å². The maximum absolute atomic E-state index is 10.8. The van der Waals surface area contributed by atoms with Gasteiger partial charge in [-0.15, -0.1) is 0 Å². The summed E-state index contributed by atoms with van der Waals surface area (Å²) in [6.45, 7) is 2.10. The smallest absolute Gasteiger partial charge is 0.330 e. The van der Waals surface area contributed by atoms with Crippen molar-refractivity contribution in [3.8, 4) is 0 Å². The SMILES string of the molecule is CCCCCC=CC(=O)OCCO. The molecule has 0 fully saturated rings. The first-order valence-electron chi connectivity index (χ1n) is 4.75. The summed E-state index contributed by atoms with van der Waals surface area (Å²) in [5.74, 6) is -0.370. The second-order valence-corrected chi connectivity index (χ2v) is 2.79. The van der Waals surface area contributed by atoms with Crippen LogP contribution in [0.3, 0.4) is 0 Å². The van der Waals surface area contributed by atoms with Crippen molar-refractivity contribution in [2.45, 2.75) is 32.6 Å². The largest absolute Gasteiger partial charge is 0.460 e. The van der Waals surface area contributed by atoms with Crippen LogP contribution >= 0.6 is 0 Å². The number of rotatable bonds is 7. The molecular formula is C10H18O3. The Morgan fingerprint density at radius 3 is 2.85 bits per heavy atom. The highest BCUT2D eigenvalue weighted by Gasteiger charge is 1.93. The van der Waals surface area contributed by atoms with E-state index in [1.165, 1.54) is 18.9 Å². The lowest BCUT2D eigenvalue weighted by atomic mass is 10.2. The number of ether oxygens (including phenoxy) is 1. The third kappa shape index (κ3) is 9.08. The van der Waals surface area contributed by atoms with Crippen molar-refractivity contribution in [2.24, 2.45) is 0 Å². The molecule has 0 amide bonds. The van der Waals surface area contributed by atoms with Crippen LogP contribution in [0.2, 0.25) is 0 Å². The molecule has 0 aliphatic rings. The van der Waals surface area contributed by atoms with Gasteiger partial charge in [0, 0.05) is 6.08 Å². The molecule has 0 aliphatic carbocycles. The van der Waals surface area contributed by atoms with Gasteiger partial charge in [0.05, 0.1) is 6.61 Å². The monoisotopic (exact) mass is 186 g/mol. The molecule has 1 N–H and O–H groups in total. The van der Waals surface area contributed by atoms with Crippen LogP contribution in [0.1, 0.15) is 32.6 Å². The van der Waals surface area contributed by atoms with Crippen LogP contribution in [0.25, 0.3) is 0 Å². The number of esters is 1. The minimum Gasteiger partial charge on any atom is -0.460 e. The second-order valence-electron chi connectivity index (χ2n) is 2.79. The average Bonchev–Trinajstić information content (AvgIpc) is 2.14. The van der Waals surface area contributed by atoms with Crippen LogP contribution in [-0.2, 0) is 9.53 Å². The molecule has 0 spiro atoms. The maximum Gasteiger partial charge on any atom is 0.330 e. The first-order chi connectivity index (χ1) is 6.31. The van der Waals surface area contributed by atoms with Gasteiger partial charge in [-0.25, -0.2) is 4.79 Å². The third-order valence-electron chi connectivity index (χ3n) is 1.56. The third-order valence-corrected chi connectivity index (χ3v) is 1.56. The van der Waals surface area contributed by atoms with Crippen molar-refractivity contribution in [1.29, 1.82) is 0 Å². The molecule has 0 heterocycles. The van der Waals surface area contributed by atoms with Crippen LogP contribution in [0.5, 0.6) is 0 Å². The van der Waals surface area contributed by atoms with Crippen LogP contribution in [0.4, 0.5) is 0 Å². The first-order valence-corrected chi connectivity index (χ1v) is 4.75. The average molecular weight is 186 g/mol. The zero-order chi connectivity index (χ0) is 9.94. The van der Waals surface area contributed by atoms with Gasteiger partial charge in [0.2, 0.25) is 0 Å². The molecule has 0 aromatic heterocycles.